The van der Waals surface area contributed by atoms with Crippen LogP contribution in [0.15, 0.2) is 47.4 Å². The van der Waals surface area contributed by atoms with Crippen LogP contribution in [0.25, 0.3) is 0 Å². The Morgan fingerprint density at radius 3 is 2.16 bits per heavy atom. The minimum atomic E-state index is -3.84. The van der Waals surface area contributed by atoms with Crippen molar-refractivity contribution < 1.29 is 47.5 Å². The zero-order valence-electron chi connectivity index (χ0n) is 20.9. The van der Waals surface area contributed by atoms with Crippen molar-refractivity contribution in [2.75, 3.05) is 26.9 Å². The summed E-state index contributed by atoms with van der Waals surface area (Å²) in [6.45, 7) is 5.66. The summed E-state index contributed by atoms with van der Waals surface area (Å²) in [6.07, 6.45) is -1.90. The first-order valence-electron chi connectivity index (χ1n) is 11.3. The number of sulfonamides is 1. The van der Waals surface area contributed by atoms with Crippen molar-refractivity contribution in [2.24, 2.45) is 5.14 Å². The topological polar surface area (TPSA) is 195 Å². The lowest BCUT2D eigenvalue weighted by atomic mass is 10.1. The third-order valence-electron chi connectivity index (χ3n) is 4.73. The maximum Gasteiger partial charge on any atom is 0.333 e. The van der Waals surface area contributed by atoms with Crippen LogP contribution in [0, 0.1) is 0 Å². The molecule has 2 atom stereocenters. The number of carboxylic acid groups (broad SMARTS) is 2. The van der Waals surface area contributed by atoms with Crippen LogP contribution >= 0.6 is 0 Å². The number of primary sulfonamides is 1. The summed E-state index contributed by atoms with van der Waals surface area (Å²) in [5, 5.41) is 32.8. The SMILES string of the molecule is CCOc1ccccc1OCCN[C@H](C)Cc1ccc(OC)c(S(N)(=O)=O)c1.O=C(O)CC(O)C(=O)O. The van der Waals surface area contributed by atoms with E-state index >= 15 is 0 Å². The van der Waals surface area contributed by atoms with Gasteiger partial charge in [-0.25, -0.2) is 18.4 Å². The molecule has 0 aliphatic carbocycles. The number of methoxy groups -OCH3 is 1. The van der Waals surface area contributed by atoms with Crippen LogP contribution in [0.2, 0.25) is 0 Å². The number of rotatable bonds is 14. The summed E-state index contributed by atoms with van der Waals surface area (Å²) in [7, 11) is -2.43. The summed E-state index contributed by atoms with van der Waals surface area (Å²) >= 11 is 0. The Bertz CT molecular complexity index is 1120. The van der Waals surface area contributed by atoms with Crippen LogP contribution in [0.4, 0.5) is 0 Å². The molecule has 2 rings (SSSR count). The molecule has 0 heterocycles. The standard InChI is InChI=1S/C20H28N2O5S.C4H6O5/c1-4-26-17-7-5-6-8-18(17)27-12-11-22-15(2)13-16-9-10-19(25-3)20(14-16)28(21,23)24;5-2(4(8)9)1-3(6)7/h5-10,14-15,22H,4,11-13H2,1-3H3,(H2,21,23,24);2,5H,1H2,(H,6,7)(H,8,9)/t15-;/m1./s1. The van der Waals surface area contributed by atoms with Gasteiger partial charge in [0.2, 0.25) is 10.0 Å². The monoisotopic (exact) mass is 542 g/mol. The van der Waals surface area contributed by atoms with E-state index in [4.69, 9.17) is 34.7 Å². The zero-order valence-corrected chi connectivity index (χ0v) is 21.7. The fraction of sp³-hybridized carbons (Fsp3) is 0.417. The number of aliphatic carboxylic acids is 2. The molecule has 12 nitrogen and oxygen atoms in total. The zero-order chi connectivity index (χ0) is 28.0. The maximum absolute atomic E-state index is 11.7. The maximum atomic E-state index is 11.7. The Balaban J connectivity index is 0.000000649. The van der Waals surface area contributed by atoms with Crippen molar-refractivity contribution in [1.82, 2.24) is 5.32 Å². The van der Waals surface area contributed by atoms with E-state index in [1.807, 2.05) is 44.2 Å². The van der Waals surface area contributed by atoms with Crippen LogP contribution in [0.5, 0.6) is 17.2 Å². The highest BCUT2D eigenvalue weighted by Crippen LogP contribution is 2.26. The van der Waals surface area contributed by atoms with E-state index < -0.39 is 34.5 Å². The van der Waals surface area contributed by atoms with E-state index in [-0.39, 0.29) is 16.7 Å². The molecule has 0 aromatic heterocycles. The van der Waals surface area contributed by atoms with Gasteiger partial charge in [0.05, 0.1) is 20.1 Å². The van der Waals surface area contributed by atoms with E-state index in [1.165, 1.54) is 7.11 Å². The molecule has 0 aliphatic heterocycles. The van der Waals surface area contributed by atoms with Crippen molar-refractivity contribution in [1.29, 1.82) is 0 Å². The van der Waals surface area contributed by atoms with Gasteiger partial charge in [0.25, 0.3) is 0 Å². The van der Waals surface area contributed by atoms with Crippen LogP contribution in [-0.2, 0) is 26.0 Å². The molecular weight excluding hydrogens is 508 g/mol. The van der Waals surface area contributed by atoms with Gasteiger partial charge in [0.1, 0.15) is 17.3 Å². The number of para-hydroxylation sites is 2. The first-order chi connectivity index (χ1) is 17.4. The third-order valence-corrected chi connectivity index (χ3v) is 5.66. The number of hydrogen-bond donors (Lipinski definition) is 5. The van der Waals surface area contributed by atoms with E-state index in [2.05, 4.69) is 5.32 Å². The predicted octanol–water partition coefficient (Wildman–Crippen LogP) is 1.25. The molecular formula is C24H34N2O10S. The molecule has 0 bridgehead atoms. The van der Waals surface area contributed by atoms with Gasteiger partial charge in [-0.1, -0.05) is 18.2 Å². The second-order valence-corrected chi connectivity index (χ2v) is 9.30. The largest absolute Gasteiger partial charge is 0.495 e. The highest BCUT2D eigenvalue weighted by molar-refractivity contribution is 7.89. The van der Waals surface area contributed by atoms with E-state index in [9.17, 15) is 18.0 Å². The highest BCUT2D eigenvalue weighted by Gasteiger charge is 2.17. The Hall–Kier alpha value is -3.39. The van der Waals surface area contributed by atoms with Gasteiger partial charge in [0.15, 0.2) is 17.6 Å². The lowest BCUT2D eigenvalue weighted by Gasteiger charge is -2.16. The summed E-state index contributed by atoms with van der Waals surface area (Å²) in [5.74, 6) is -1.16. The van der Waals surface area contributed by atoms with Gasteiger partial charge >= 0.3 is 11.9 Å². The molecule has 0 radical (unpaired) electrons. The van der Waals surface area contributed by atoms with Crippen LogP contribution in [0.1, 0.15) is 25.8 Å². The van der Waals surface area contributed by atoms with Crippen molar-refractivity contribution >= 4 is 22.0 Å². The number of aliphatic hydroxyl groups is 1. The third kappa shape index (κ3) is 11.9. The fourth-order valence-corrected chi connectivity index (χ4v) is 3.81. The number of hydrogen-bond acceptors (Lipinski definition) is 9. The van der Waals surface area contributed by atoms with Crippen LogP contribution < -0.4 is 24.7 Å². The van der Waals surface area contributed by atoms with Crippen LogP contribution in [-0.4, -0.2) is 74.7 Å². The van der Waals surface area contributed by atoms with Crippen molar-refractivity contribution in [3.05, 3.63) is 48.0 Å². The molecule has 0 fully saturated rings. The van der Waals surface area contributed by atoms with Gasteiger partial charge < -0.3 is 34.8 Å². The highest BCUT2D eigenvalue weighted by atomic mass is 32.2. The van der Waals surface area contributed by atoms with Crippen molar-refractivity contribution in [2.45, 2.75) is 43.7 Å². The molecule has 2 aromatic carbocycles. The van der Waals surface area contributed by atoms with Gasteiger partial charge in [-0.2, -0.15) is 0 Å². The average molecular weight is 543 g/mol. The Morgan fingerprint density at radius 1 is 1.05 bits per heavy atom. The number of nitrogens with two attached hydrogens (primary N) is 1. The summed E-state index contributed by atoms with van der Waals surface area (Å²) in [4.78, 5) is 19.4. The second-order valence-electron chi connectivity index (χ2n) is 7.77. The molecule has 206 valence electrons. The minimum Gasteiger partial charge on any atom is -0.495 e. The van der Waals surface area contributed by atoms with Gasteiger partial charge in [-0.15, -0.1) is 0 Å². The van der Waals surface area contributed by atoms with Gasteiger partial charge in [-0.05, 0) is 50.1 Å². The lowest BCUT2D eigenvalue weighted by Crippen LogP contribution is -2.32. The van der Waals surface area contributed by atoms with Crippen molar-refractivity contribution in [3.63, 3.8) is 0 Å². The quantitative estimate of drug-likeness (QED) is 0.216. The number of nitrogens with one attached hydrogen (secondary N) is 1. The summed E-state index contributed by atoms with van der Waals surface area (Å²) in [5.41, 5.74) is 0.854. The number of aliphatic hydroxyl groups excluding tert-OH is 1. The van der Waals surface area contributed by atoms with Gasteiger partial charge in [0, 0.05) is 12.6 Å². The fourth-order valence-electron chi connectivity index (χ4n) is 3.06. The molecule has 37 heavy (non-hydrogen) atoms. The Labute approximate surface area is 216 Å². The number of benzene rings is 2. The minimum absolute atomic E-state index is 0.00411. The van der Waals surface area contributed by atoms with E-state index in [0.717, 1.165) is 11.3 Å². The summed E-state index contributed by atoms with van der Waals surface area (Å²) in [6, 6.07) is 12.7. The molecule has 0 spiro atoms. The number of carbonyl (C=O) groups is 2. The number of ether oxygens (including phenoxy) is 3. The molecule has 2 aromatic rings. The smallest absolute Gasteiger partial charge is 0.333 e. The molecule has 1 unspecified atom stereocenters. The first-order valence-corrected chi connectivity index (χ1v) is 12.8. The second kappa shape index (κ2) is 15.7. The average Bonchev–Trinajstić information content (AvgIpc) is 2.82. The van der Waals surface area contributed by atoms with E-state index in [0.29, 0.717) is 31.9 Å². The molecule has 6 N–H and O–H groups in total. The van der Waals surface area contributed by atoms with Crippen LogP contribution in [0.3, 0.4) is 0 Å². The summed E-state index contributed by atoms with van der Waals surface area (Å²) < 4.78 is 39.9. The first kappa shape index (κ1) is 31.6. The molecule has 0 aliphatic rings. The van der Waals surface area contributed by atoms with Gasteiger partial charge in [-0.3, -0.25) is 4.79 Å². The molecule has 0 saturated heterocycles. The Kier molecular flexibility index (Phi) is 13.4. The number of carboxylic acids is 2. The molecule has 13 heteroatoms. The normalized spacial score (nSPS) is 12.5. The molecule has 0 amide bonds. The predicted molar refractivity (Wildman–Crippen MR) is 135 cm³/mol. The van der Waals surface area contributed by atoms with Crippen molar-refractivity contribution in [3.8, 4) is 17.2 Å². The Morgan fingerprint density at radius 2 is 1.68 bits per heavy atom. The lowest BCUT2D eigenvalue weighted by molar-refractivity contribution is -0.152. The molecule has 0 saturated carbocycles. The van der Waals surface area contributed by atoms with E-state index in [1.54, 1.807) is 12.1 Å².